The molecule has 170 valence electrons. The molecule has 2 aromatic rings. The lowest BCUT2D eigenvalue weighted by Gasteiger charge is -2.53. The zero-order valence-corrected chi connectivity index (χ0v) is 18.6. The van der Waals surface area contributed by atoms with Gasteiger partial charge in [0.25, 0.3) is 0 Å². The number of nitrogens with zero attached hydrogens (tertiary/aromatic N) is 2. The fraction of sp³-hybridized carbons (Fsp3) is 0.368. The van der Waals surface area contributed by atoms with E-state index in [0.717, 1.165) is 17.3 Å². The molecule has 4 rings (SSSR count). The van der Waals surface area contributed by atoms with E-state index in [1.165, 1.54) is 29.1 Å². The Labute approximate surface area is 194 Å². The van der Waals surface area contributed by atoms with Crippen LogP contribution in [0.25, 0.3) is 11.5 Å². The van der Waals surface area contributed by atoms with E-state index in [1.807, 2.05) is 0 Å². The SMILES string of the molecule is O=C1[C@@H](NC(=S)CC(F)(F)F)[C@H]2SCC(Sc3ccc(-c4ncco4)cc3)(C(=O)O)CN12. The molecule has 0 radical (unpaired) electrons. The van der Waals surface area contributed by atoms with Crippen LogP contribution in [0.1, 0.15) is 6.42 Å². The van der Waals surface area contributed by atoms with E-state index in [9.17, 15) is 27.9 Å². The Hall–Kier alpha value is -2.25. The van der Waals surface area contributed by atoms with Crippen molar-refractivity contribution in [2.45, 2.75) is 33.7 Å². The molecule has 32 heavy (non-hydrogen) atoms. The van der Waals surface area contributed by atoms with Crippen LogP contribution in [0.15, 0.2) is 46.0 Å². The summed E-state index contributed by atoms with van der Waals surface area (Å²) in [5.74, 6) is -0.911. The van der Waals surface area contributed by atoms with Crippen molar-refractivity contribution in [1.82, 2.24) is 15.2 Å². The van der Waals surface area contributed by atoms with Gasteiger partial charge in [0.2, 0.25) is 11.8 Å². The molecule has 2 aliphatic heterocycles. The second-order valence-electron chi connectivity index (χ2n) is 7.27. The number of thiocarbonyl (C=S) groups is 1. The third-order valence-electron chi connectivity index (χ3n) is 4.97. The number of carbonyl (C=O) groups excluding carboxylic acids is 1. The number of aromatic nitrogens is 1. The number of carboxylic acid groups (broad SMARTS) is 1. The summed E-state index contributed by atoms with van der Waals surface area (Å²) < 4.78 is 41.5. The molecule has 2 saturated heterocycles. The van der Waals surface area contributed by atoms with Gasteiger partial charge in [-0.3, -0.25) is 9.59 Å². The number of rotatable bonds is 6. The Balaban J connectivity index is 1.43. The Morgan fingerprint density at radius 1 is 1.41 bits per heavy atom. The van der Waals surface area contributed by atoms with Crippen molar-refractivity contribution in [3.63, 3.8) is 0 Å². The molecule has 0 bridgehead atoms. The molecule has 3 atom stereocenters. The highest BCUT2D eigenvalue weighted by atomic mass is 32.2. The van der Waals surface area contributed by atoms with Crippen LogP contribution >= 0.6 is 35.7 Å². The van der Waals surface area contributed by atoms with Crippen LogP contribution in [0, 0.1) is 0 Å². The Bertz CT molecular complexity index is 1030. The molecule has 0 saturated carbocycles. The van der Waals surface area contributed by atoms with Gasteiger partial charge in [0.05, 0.1) is 17.6 Å². The van der Waals surface area contributed by atoms with Crippen LogP contribution in [0.5, 0.6) is 0 Å². The molecule has 1 amide bonds. The lowest BCUT2D eigenvalue weighted by Crippen LogP contribution is -2.74. The summed E-state index contributed by atoms with van der Waals surface area (Å²) in [6.07, 6.45) is -2.79. The van der Waals surface area contributed by atoms with Crippen molar-refractivity contribution in [2.24, 2.45) is 0 Å². The summed E-state index contributed by atoms with van der Waals surface area (Å²) in [4.78, 5) is 30.4. The zero-order chi connectivity index (χ0) is 23.1. The number of thioether (sulfide) groups is 2. The van der Waals surface area contributed by atoms with Gasteiger partial charge in [-0.1, -0.05) is 12.2 Å². The molecular weight excluding hydrogens is 487 g/mol. The maximum Gasteiger partial charge on any atom is 0.395 e. The number of oxazole rings is 1. The van der Waals surface area contributed by atoms with E-state index >= 15 is 0 Å². The standard InChI is InChI=1S/C19H16F3N3O4S3/c20-19(21,22)7-12(30)24-13-15(26)25-8-18(17(27)28,9-31-16(13)25)32-11-3-1-10(2-4-11)14-23-5-6-29-14/h1-6,13,16H,7-9H2,(H,24,30)(H,27,28)/t13-,16-,18?/m1/s1. The van der Waals surface area contributed by atoms with Gasteiger partial charge in [0.15, 0.2) is 0 Å². The summed E-state index contributed by atoms with van der Waals surface area (Å²) in [5.41, 5.74) is 0.739. The van der Waals surface area contributed by atoms with Gasteiger partial charge >= 0.3 is 12.1 Å². The van der Waals surface area contributed by atoms with E-state index in [-0.39, 0.29) is 12.3 Å². The second kappa shape index (κ2) is 8.60. The summed E-state index contributed by atoms with van der Waals surface area (Å²) in [5, 5.41) is 12.0. The Kier molecular flexibility index (Phi) is 6.16. The van der Waals surface area contributed by atoms with E-state index in [1.54, 1.807) is 24.3 Å². The van der Waals surface area contributed by atoms with Crippen LogP contribution in [-0.2, 0) is 9.59 Å². The van der Waals surface area contributed by atoms with Gasteiger partial charge in [0, 0.05) is 22.8 Å². The molecule has 2 N–H and O–H groups in total. The second-order valence-corrected chi connectivity index (χ2v) is 10.3. The lowest BCUT2D eigenvalue weighted by molar-refractivity contribution is -0.149. The minimum absolute atomic E-state index is 0.0603. The number of hydrogen-bond donors (Lipinski definition) is 2. The molecule has 1 aromatic heterocycles. The fourth-order valence-corrected chi connectivity index (χ4v) is 6.58. The summed E-state index contributed by atoms with van der Waals surface area (Å²) in [6.45, 7) is -0.0603. The number of β-lactam (4-membered cyclic amide) rings is 1. The number of carboxylic acids is 1. The van der Waals surface area contributed by atoms with Gasteiger partial charge in [-0.2, -0.15) is 13.2 Å². The van der Waals surface area contributed by atoms with Crippen molar-refractivity contribution < 1.29 is 32.3 Å². The van der Waals surface area contributed by atoms with E-state index in [2.05, 4.69) is 10.3 Å². The quantitative estimate of drug-likeness (QED) is 0.454. The number of fused-ring (bicyclic) bond motifs is 1. The average molecular weight is 504 g/mol. The van der Waals surface area contributed by atoms with Crippen LogP contribution in [-0.4, -0.2) is 66.5 Å². The van der Waals surface area contributed by atoms with E-state index < -0.39 is 45.6 Å². The van der Waals surface area contributed by atoms with E-state index in [0.29, 0.717) is 10.8 Å². The first-order valence-electron chi connectivity index (χ1n) is 9.28. The van der Waals surface area contributed by atoms with Crippen molar-refractivity contribution >= 4 is 52.6 Å². The number of halogens is 3. The Morgan fingerprint density at radius 3 is 2.72 bits per heavy atom. The van der Waals surface area contributed by atoms with Gasteiger partial charge < -0.3 is 19.7 Å². The van der Waals surface area contributed by atoms with Crippen molar-refractivity contribution in [3.05, 3.63) is 36.7 Å². The molecule has 2 aliphatic rings. The average Bonchev–Trinajstić information content (AvgIpc) is 3.26. The topological polar surface area (TPSA) is 95.7 Å². The molecule has 2 fully saturated rings. The van der Waals surface area contributed by atoms with Crippen LogP contribution in [0.3, 0.4) is 0 Å². The number of carbonyl (C=O) groups is 2. The number of alkyl halides is 3. The highest BCUT2D eigenvalue weighted by Crippen LogP contribution is 2.46. The van der Waals surface area contributed by atoms with Gasteiger partial charge in [-0.05, 0) is 24.3 Å². The maximum absolute atomic E-state index is 12.5. The van der Waals surface area contributed by atoms with E-state index in [4.69, 9.17) is 16.6 Å². The summed E-state index contributed by atoms with van der Waals surface area (Å²) >= 11 is 7.06. The lowest BCUT2D eigenvalue weighted by atomic mass is 10.0. The van der Waals surface area contributed by atoms with Gasteiger partial charge in [-0.15, -0.1) is 23.5 Å². The monoisotopic (exact) mass is 503 g/mol. The molecular formula is C19H16F3N3O4S3. The number of nitrogens with one attached hydrogen (secondary N) is 1. The van der Waals surface area contributed by atoms with Crippen LogP contribution in [0.4, 0.5) is 13.2 Å². The summed E-state index contributed by atoms with van der Waals surface area (Å²) in [6, 6.07) is 6.15. The minimum atomic E-state index is -4.46. The number of benzene rings is 1. The first kappa shape index (κ1) is 22.9. The van der Waals surface area contributed by atoms with Crippen LogP contribution in [0.2, 0.25) is 0 Å². The normalized spacial score (nSPS) is 25.1. The number of hydrogen-bond acceptors (Lipinski definition) is 7. The molecule has 3 heterocycles. The fourth-order valence-electron chi connectivity index (χ4n) is 3.45. The third kappa shape index (κ3) is 4.59. The third-order valence-corrected chi connectivity index (χ3v) is 8.29. The molecule has 0 aliphatic carbocycles. The van der Waals surface area contributed by atoms with Crippen molar-refractivity contribution in [3.8, 4) is 11.5 Å². The first-order chi connectivity index (χ1) is 15.1. The predicted molar refractivity (Wildman–Crippen MR) is 116 cm³/mol. The minimum Gasteiger partial charge on any atom is -0.480 e. The Morgan fingerprint density at radius 2 is 2.12 bits per heavy atom. The number of amides is 1. The highest BCUT2D eigenvalue weighted by Gasteiger charge is 2.57. The molecule has 1 unspecified atom stereocenters. The largest absolute Gasteiger partial charge is 0.480 e. The molecule has 7 nitrogen and oxygen atoms in total. The van der Waals surface area contributed by atoms with Crippen molar-refractivity contribution in [1.29, 1.82) is 0 Å². The molecule has 0 spiro atoms. The first-order valence-corrected chi connectivity index (χ1v) is 11.6. The molecule has 13 heteroatoms. The number of aliphatic carboxylic acids is 1. The highest BCUT2D eigenvalue weighted by molar-refractivity contribution is 8.05. The van der Waals surface area contributed by atoms with Gasteiger partial charge in [0.1, 0.15) is 22.4 Å². The van der Waals surface area contributed by atoms with Gasteiger partial charge in [-0.25, -0.2) is 4.98 Å². The smallest absolute Gasteiger partial charge is 0.395 e. The molecule has 1 aromatic carbocycles. The zero-order valence-electron chi connectivity index (χ0n) is 16.2. The summed E-state index contributed by atoms with van der Waals surface area (Å²) in [7, 11) is 0. The predicted octanol–water partition coefficient (Wildman–Crippen LogP) is 3.41. The van der Waals surface area contributed by atoms with Crippen LogP contribution < -0.4 is 5.32 Å². The van der Waals surface area contributed by atoms with Crippen molar-refractivity contribution in [2.75, 3.05) is 12.3 Å². The maximum atomic E-state index is 12.5.